The van der Waals surface area contributed by atoms with Gasteiger partial charge in [0.05, 0.1) is 0 Å². The lowest BCUT2D eigenvalue weighted by Gasteiger charge is -2.44. The molecule has 20 aromatic carbocycles. The average molecular weight is 1510 g/mol. The molecule has 0 unspecified atom stereocenters. The Labute approximate surface area is 691 Å². The molecule has 20 aromatic rings. The molecule has 0 saturated heterocycles. The third-order valence-electron chi connectivity index (χ3n) is 26.5. The summed E-state index contributed by atoms with van der Waals surface area (Å²) >= 11 is 0. The van der Waals surface area contributed by atoms with Gasteiger partial charge >= 0.3 is 0 Å². The van der Waals surface area contributed by atoms with Gasteiger partial charge in [-0.25, -0.2) is 0 Å². The van der Waals surface area contributed by atoms with Crippen LogP contribution in [0.3, 0.4) is 0 Å². The Morgan fingerprint density at radius 3 is 1.08 bits per heavy atom. The van der Waals surface area contributed by atoms with Crippen molar-refractivity contribution in [2.75, 3.05) is 29.4 Å². The van der Waals surface area contributed by atoms with E-state index in [9.17, 15) is 0 Å². The summed E-state index contributed by atoms with van der Waals surface area (Å²) < 4.78 is 0. The summed E-state index contributed by atoms with van der Waals surface area (Å²) in [5, 5.41) is 12.3. The molecule has 0 N–H and O–H groups in total. The SMILES string of the molecule is c1ccc(N2c3cc4cc(-c5cccc(N6c7cccc8c7B(c7c(ccc9ccccc79)N8c7ccccc7)c7c6ccc6ccccc76)c5)ccc4cc3B3c4c2cccc4N(c2cccc(-c4cccc5c6c(ccc45)B4c5ccccc5N(c5ccccc5)c5cccc(c54)N6c4ccccc4)c2)c2ccc4ccccc4c23)cc1. The van der Waals surface area contributed by atoms with Crippen molar-refractivity contribution in [2.24, 2.45) is 0 Å². The molecular formula is C110H69B3N6. The first-order valence-corrected chi connectivity index (χ1v) is 41.5. The minimum atomic E-state index is -0.118. The predicted octanol–water partition coefficient (Wildman–Crippen LogP) is 23.0. The van der Waals surface area contributed by atoms with E-state index in [2.05, 4.69) is 448 Å². The Balaban J connectivity index is 0.613. The molecule has 0 bridgehead atoms. The molecule has 0 fully saturated rings. The molecule has 0 aliphatic carbocycles. The quantitative estimate of drug-likeness (QED) is 0.140. The third kappa shape index (κ3) is 9.58. The molecule has 0 atom stereocenters. The minimum absolute atomic E-state index is 0.00491. The van der Waals surface area contributed by atoms with Crippen molar-refractivity contribution in [3.05, 3.63) is 419 Å². The van der Waals surface area contributed by atoms with Crippen LogP contribution in [0.15, 0.2) is 419 Å². The van der Waals surface area contributed by atoms with Gasteiger partial charge in [0.25, 0.3) is 20.1 Å². The number of para-hydroxylation sites is 5. The van der Waals surface area contributed by atoms with Crippen molar-refractivity contribution in [1.82, 2.24) is 0 Å². The zero-order chi connectivity index (χ0) is 77.7. The van der Waals surface area contributed by atoms with Gasteiger partial charge in [-0.3, -0.25) is 0 Å². The van der Waals surface area contributed by atoms with Gasteiger partial charge in [-0.15, -0.1) is 0 Å². The first-order chi connectivity index (χ1) is 59.1. The highest BCUT2D eigenvalue weighted by molar-refractivity contribution is 7.04. The van der Waals surface area contributed by atoms with E-state index in [1.807, 2.05) is 0 Å². The summed E-state index contributed by atoms with van der Waals surface area (Å²) in [6, 6.07) is 158. The molecule has 6 heterocycles. The van der Waals surface area contributed by atoms with Crippen molar-refractivity contribution < 1.29 is 0 Å². The van der Waals surface area contributed by atoms with E-state index in [1.165, 1.54) is 177 Å². The van der Waals surface area contributed by atoms with E-state index >= 15 is 0 Å². The van der Waals surface area contributed by atoms with Crippen LogP contribution >= 0.6 is 0 Å². The van der Waals surface area contributed by atoms with Crippen molar-refractivity contribution in [3.8, 4) is 22.3 Å². The Bertz CT molecular complexity index is 7710. The van der Waals surface area contributed by atoms with Crippen molar-refractivity contribution in [3.63, 3.8) is 0 Å². The van der Waals surface area contributed by atoms with Gasteiger partial charge in [0.2, 0.25) is 0 Å². The molecule has 0 spiro atoms. The van der Waals surface area contributed by atoms with Gasteiger partial charge in [-0.1, -0.05) is 273 Å². The highest BCUT2D eigenvalue weighted by atomic mass is 15.2. The summed E-state index contributed by atoms with van der Waals surface area (Å²) in [5.74, 6) is 0. The third-order valence-corrected chi connectivity index (χ3v) is 26.5. The van der Waals surface area contributed by atoms with Crippen LogP contribution < -0.4 is 78.6 Å². The number of hydrogen-bond acceptors (Lipinski definition) is 6. The topological polar surface area (TPSA) is 19.4 Å². The number of fused-ring (bicyclic) bond motifs is 21. The Kier molecular flexibility index (Phi) is 14.2. The summed E-state index contributed by atoms with van der Waals surface area (Å²) in [6.07, 6.45) is 0. The number of benzene rings is 20. The molecule has 119 heavy (non-hydrogen) atoms. The molecule has 9 heteroatoms. The fraction of sp³-hybridized carbons (Fsp3) is 0. The molecule has 0 aromatic heterocycles. The Morgan fingerprint density at radius 1 is 0.151 bits per heavy atom. The van der Waals surface area contributed by atoms with Crippen molar-refractivity contribution in [2.45, 2.75) is 0 Å². The summed E-state index contributed by atoms with van der Waals surface area (Å²) in [4.78, 5) is 15.2. The van der Waals surface area contributed by atoms with Crippen LogP contribution in [-0.4, -0.2) is 20.1 Å². The first-order valence-electron chi connectivity index (χ1n) is 41.5. The smallest absolute Gasteiger partial charge is 0.253 e. The van der Waals surface area contributed by atoms with E-state index in [0.717, 1.165) is 50.8 Å². The second-order valence-corrected chi connectivity index (χ2v) is 32.5. The fourth-order valence-electron chi connectivity index (χ4n) is 21.7. The van der Waals surface area contributed by atoms with Crippen LogP contribution in [0.2, 0.25) is 0 Å². The molecule has 0 saturated carbocycles. The predicted molar refractivity (Wildman–Crippen MR) is 507 cm³/mol. The number of nitrogens with zero attached hydrogens (tertiary/aromatic N) is 6. The highest BCUT2D eigenvalue weighted by Gasteiger charge is 2.49. The lowest BCUT2D eigenvalue weighted by atomic mass is 9.32. The number of rotatable bonds is 8. The van der Waals surface area contributed by atoms with Gasteiger partial charge < -0.3 is 29.4 Å². The van der Waals surface area contributed by atoms with Gasteiger partial charge in [-0.2, -0.15) is 0 Å². The molecular weight excluding hydrogens is 1440 g/mol. The van der Waals surface area contributed by atoms with Crippen LogP contribution in [0.1, 0.15) is 0 Å². The molecule has 0 radical (unpaired) electrons. The maximum Gasteiger partial charge on any atom is 0.253 e. The van der Waals surface area contributed by atoms with Crippen molar-refractivity contribution >= 4 is 226 Å². The largest absolute Gasteiger partial charge is 0.311 e. The van der Waals surface area contributed by atoms with Crippen molar-refractivity contribution in [1.29, 1.82) is 0 Å². The Morgan fingerprint density at radius 2 is 0.521 bits per heavy atom. The average Bonchev–Trinajstić information content (AvgIpc) is 0.698. The summed E-state index contributed by atoms with van der Waals surface area (Å²) in [5.41, 5.74) is 37.4. The molecule has 26 rings (SSSR count). The van der Waals surface area contributed by atoms with Crippen LogP contribution in [-0.2, 0) is 0 Å². The van der Waals surface area contributed by atoms with E-state index in [4.69, 9.17) is 0 Å². The fourth-order valence-corrected chi connectivity index (χ4v) is 21.7. The van der Waals surface area contributed by atoms with E-state index in [0.29, 0.717) is 0 Å². The van der Waals surface area contributed by atoms with Gasteiger partial charge in [0.1, 0.15) is 0 Å². The highest BCUT2D eigenvalue weighted by Crippen LogP contribution is 2.52. The van der Waals surface area contributed by atoms with Crippen LogP contribution in [0.4, 0.5) is 102 Å². The monoisotopic (exact) mass is 1510 g/mol. The lowest BCUT2D eigenvalue weighted by molar-refractivity contribution is 1.26. The second kappa shape index (κ2) is 25.6. The normalized spacial score (nSPS) is 13.6. The zero-order valence-corrected chi connectivity index (χ0v) is 64.8. The maximum absolute atomic E-state index is 2.57. The molecule has 6 aliphatic rings. The van der Waals surface area contributed by atoms with E-state index in [1.54, 1.807) is 0 Å². The summed E-state index contributed by atoms with van der Waals surface area (Å²) in [6.45, 7) is -0.166. The molecule has 6 aliphatic heterocycles. The number of anilines is 18. The number of hydrogen-bond donors (Lipinski definition) is 0. The van der Waals surface area contributed by atoms with E-state index in [-0.39, 0.29) is 20.1 Å². The first kappa shape index (κ1) is 66.0. The van der Waals surface area contributed by atoms with Crippen LogP contribution in [0.25, 0.3) is 76.1 Å². The van der Waals surface area contributed by atoms with Gasteiger partial charge in [0.15, 0.2) is 0 Å². The molecule has 6 nitrogen and oxygen atoms in total. The zero-order valence-electron chi connectivity index (χ0n) is 64.8. The summed E-state index contributed by atoms with van der Waals surface area (Å²) in [7, 11) is 0. The lowest BCUT2D eigenvalue weighted by Crippen LogP contribution is -2.61. The Hall–Kier alpha value is -15.3. The molecule has 0 amide bonds. The van der Waals surface area contributed by atoms with E-state index < -0.39 is 0 Å². The van der Waals surface area contributed by atoms with Crippen LogP contribution in [0.5, 0.6) is 0 Å². The minimum Gasteiger partial charge on any atom is -0.311 e. The second-order valence-electron chi connectivity index (χ2n) is 32.5. The maximum atomic E-state index is 2.57. The van der Waals surface area contributed by atoms with Gasteiger partial charge in [0, 0.05) is 108 Å². The van der Waals surface area contributed by atoms with Crippen LogP contribution in [0, 0.1) is 0 Å². The standard InChI is InChI=1S/C110H69B3N6/c1-5-32-78(33-6-1)114-93-48-20-19-47-90(93)111-91-61-60-88-84(45-23-46-89(88)110(91)119(81-38-11-4-12-39-81)99-54-26-49-94(114)107(99)111)76-31-22-41-83(67-76)118-96-51-24-50-95-108(96)112(104-85-42-16-13-27-70(85)57-62-100(104)118)92-68-75-56-55-74(65-77(75)69-103(92)116(95)80-36-9-3-10-37-80)73-30-21-40-82(66-73)117-98-53-25-52-97-109(98)113(106-87-44-18-15-29-72(87)59-64-102(106)117)105-86-43-17-14-28-71(86)58-63-101(105)115(97)79-34-7-2-8-35-79/h1-69H. The van der Waals surface area contributed by atoms with Gasteiger partial charge in [-0.05, 0) is 265 Å². The molecule has 548 valence electrons.